The number of aryl methyl sites for hydroxylation is 1. The summed E-state index contributed by atoms with van der Waals surface area (Å²) in [7, 11) is 2.53. The lowest BCUT2D eigenvalue weighted by molar-refractivity contribution is -0.118. The lowest BCUT2D eigenvalue weighted by atomic mass is 9.99. The summed E-state index contributed by atoms with van der Waals surface area (Å²) in [5.41, 5.74) is 1.89. The van der Waals surface area contributed by atoms with E-state index < -0.39 is 23.2 Å². The summed E-state index contributed by atoms with van der Waals surface area (Å²) in [5, 5.41) is 0. The standard InChI is InChI=1S/C17H16F2N2O3/c1-9-4-10-5-14(22)21(8-11(10)7-20-9)17-15(18)12(23-2)6-13(24-3)16(17)19/h4,6-7H,5,8H2,1-3H3. The van der Waals surface area contributed by atoms with E-state index in [-0.39, 0.29) is 24.5 Å². The average Bonchev–Trinajstić information content (AvgIpc) is 2.55. The Morgan fingerprint density at radius 1 is 1.08 bits per heavy atom. The number of amides is 1. The zero-order valence-electron chi connectivity index (χ0n) is 13.5. The summed E-state index contributed by atoms with van der Waals surface area (Å²) in [6, 6.07) is 2.92. The van der Waals surface area contributed by atoms with Gasteiger partial charge in [0.05, 0.1) is 27.2 Å². The van der Waals surface area contributed by atoms with E-state index in [4.69, 9.17) is 9.47 Å². The lowest BCUT2D eigenvalue weighted by Crippen LogP contribution is -2.37. The minimum atomic E-state index is -0.937. The monoisotopic (exact) mass is 334 g/mol. The second kappa shape index (κ2) is 6.07. The molecule has 1 aliphatic rings. The quantitative estimate of drug-likeness (QED) is 0.866. The van der Waals surface area contributed by atoms with Crippen molar-refractivity contribution in [3.05, 3.63) is 46.8 Å². The molecule has 5 nitrogen and oxygen atoms in total. The second-order valence-corrected chi connectivity index (χ2v) is 5.51. The van der Waals surface area contributed by atoms with Crippen molar-refractivity contribution in [2.45, 2.75) is 19.9 Å². The summed E-state index contributed by atoms with van der Waals surface area (Å²) >= 11 is 0. The summed E-state index contributed by atoms with van der Waals surface area (Å²) in [6.07, 6.45) is 1.68. The Labute approximate surface area is 137 Å². The fourth-order valence-corrected chi connectivity index (χ4v) is 2.78. The molecule has 0 unspecified atom stereocenters. The summed E-state index contributed by atoms with van der Waals surface area (Å²) in [4.78, 5) is 17.7. The van der Waals surface area contributed by atoms with Crippen LogP contribution in [0.3, 0.4) is 0 Å². The molecule has 3 rings (SSSR count). The number of rotatable bonds is 3. The maximum absolute atomic E-state index is 14.6. The first kappa shape index (κ1) is 16.2. The first-order valence-electron chi connectivity index (χ1n) is 7.31. The van der Waals surface area contributed by atoms with Crippen LogP contribution in [0.5, 0.6) is 11.5 Å². The van der Waals surface area contributed by atoms with Gasteiger partial charge in [-0.1, -0.05) is 0 Å². The van der Waals surface area contributed by atoms with Gasteiger partial charge in [-0.15, -0.1) is 0 Å². The number of aromatic nitrogens is 1. The Balaban J connectivity index is 2.12. The first-order valence-corrected chi connectivity index (χ1v) is 7.31. The summed E-state index contributed by atoms with van der Waals surface area (Å²) in [5.74, 6) is -2.66. The molecular weight excluding hydrogens is 318 g/mol. The Bertz CT molecular complexity index is 796. The van der Waals surface area contributed by atoms with Crippen molar-refractivity contribution >= 4 is 11.6 Å². The largest absolute Gasteiger partial charge is 0.493 e. The predicted molar refractivity (Wildman–Crippen MR) is 83.3 cm³/mol. The van der Waals surface area contributed by atoms with E-state index in [9.17, 15) is 13.6 Å². The Morgan fingerprint density at radius 2 is 1.71 bits per heavy atom. The Kier molecular flexibility index (Phi) is 4.09. The molecule has 0 spiro atoms. The number of methoxy groups -OCH3 is 2. The van der Waals surface area contributed by atoms with Crippen LogP contribution in [0, 0.1) is 18.6 Å². The number of nitrogens with zero attached hydrogens (tertiary/aromatic N) is 2. The molecule has 0 aliphatic carbocycles. The normalized spacial score (nSPS) is 13.7. The molecule has 1 aliphatic heterocycles. The number of pyridine rings is 1. The zero-order valence-corrected chi connectivity index (χ0v) is 13.5. The summed E-state index contributed by atoms with van der Waals surface area (Å²) in [6.45, 7) is 1.86. The second-order valence-electron chi connectivity index (χ2n) is 5.51. The Morgan fingerprint density at radius 3 is 2.29 bits per heavy atom. The number of carbonyl (C=O) groups excluding carboxylic acids is 1. The molecule has 0 radical (unpaired) electrons. The molecule has 2 heterocycles. The van der Waals surface area contributed by atoms with Crippen molar-refractivity contribution in [1.82, 2.24) is 4.98 Å². The highest BCUT2D eigenvalue weighted by atomic mass is 19.1. The number of hydrogen-bond donors (Lipinski definition) is 0. The maximum Gasteiger partial charge on any atom is 0.231 e. The van der Waals surface area contributed by atoms with Gasteiger partial charge in [-0.3, -0.25) is 9.78 Å². The fraction of sp³-hybridized carbons (Fsp3) is 0.294. The van der Waals surface area contributed by atoms with Crippen molar-refractivity contribution in [2.24, 2.45) is 0 Å². The van der Waals surface area contributed by atoms with Crippen molar-refractivity contribution in [1.29, 1.82) is 0 Å². The van der Waals surface area contributed by atoms with Crippen LogP contribution in [0.4, 0.5) is 14.5 Å². The van der Waals surface area contributed by atoms with Crippen LogP contribution in [0.1, 0.15) is 16.8 Å². The molecule has 0 fully saturated rings. The van der Waals surface area contributed by atoms with Gasteiger partial charge < -0.3 is 14.4 Å². The number of ether oxygens (including phenoxy) is 2. The molecule has 0 N–H and O–H groups in total. The van der Waals surface area contributed by atoms with Crippen molar-refractivity contribution in [3.63, 3.8) is 0 Å². The van der Waals surface area contributed by atoms with Crippen LogP contribution >= 0.6 is 0 Å². The minimum Gasteiger partial charge on any atom is -0.493 e. The summed E-state index contributed by atoms with van der Waals surface area (Å²) < 4.78 is 39.1. The van der Waals surface area contributed by atoms with E-state index in [0.29, 0.717) is 0 Å². The van der Waals surface area contributed by atoms with Gasteiger partial charge in [0.1, 0.15) is 5.69 Å². The number of benzene rings is 1. The topological polar surface area (TPSA) is 51.7 Å². The lowest BCUT2D eigenvalue weighted by Gasteiger charge is -2.30. The molecular formula is C17H16F2N2O3. The number of hydrogen-bond acceptors (Lipinski definition) is 4. The number of fused-ring (bicyclic) bond motifs is 1. The van der Waals surface area contributed by atoms with Crippen LogP contribution in [-0.2, 0) is 17.8 Å². The molecule has 0 atom stereocenters. The molecule has 1 amide bonds. The van der Waals surface area contributed by atoms with Crippen molar-refractivity contribution in [2.75, 3.05) is 19.1 Å². The molecule has 1 aromatic carbocycles. The van der Waals surface area contributed by atoms with Crippen molar-refractivity contribution in [3.8, 4) is 11.5 Å². The van der Waals surface area contributed by atoms with E-state index in [1.807, 2.05) is 13.0 Å². The molecule has 0 saturated carbocycles. The Hall–Kier alpha value is -2.70. The van der Waals surface area contributed by atoms with Gasteiger partial charge in [0, 0.05) is 18.0 Å². The zero-order chi connectivity index (χ0) is 17.4. The van der Waals surface area contributed by atoms with E-state index in [1.165, 1.54) is 14.2 Å². The van der Waals surface area contributed by atoms with Crippen molar-refractivity contribution < 1.29 is 23.0 Å². The van der Waals surface area contributed by atoms with E-state index in [2.05, 4.69) is 4.98 Å². The van der Waals surface area contributed by atoms with Crippen LogP contribution < -0.4 is 14.4 Å². The number of halogens is 2. The molecule has 2 aromatic rings. The third-order valence-corrected chi connectivity index (χ3v) is 4.01. The predicted octanol–water partition coefficient (Wildman–Crippen LogP) is 2.77. The fourth-order valence-electron chi connectivity index (χ4n) is 2.78. The van der Waals surface area contributed by atoms with Gasteiger partial charge in [0.2, 0.25) is 5.91 Å². The SMILES string of the molecule is COc1cc(OC)c(F)c(N2Cc3cnc(C)cc3CC2=O)c1F. The van der Waals surface area contributed by atoms with Gasteiger partial charge in [0.15, 0.2) is 23.1 Å². The highest BCUT2D eigenvalue weighted by Gasteiger charge is 2.32. The van der Waals surface area contributed by atoms with E-state index >= 15 is 0 Å². The minimum absolute atomic E-state index is 0.0333. The molecule has 1 aromatic heterocycles. The van der Waals surface area contributed by atoms with Gasteiger partial charge in [-0.25, -0.2) is 8.78 Å². The van der Waals surface area contributed by atoms with Crippen LogP contribution in [0.2, 0.25) is 0 Å². The average molecular weight is 334 g/mol. The molecule has 24 heavy (non-hydrogen) atoms. The van der Waals surface area contributed by atoms with Gasteiger partial charge in [-0.05, 0) is 24.1 Å². The first-order chi connectivity index (χ1) is 11.5. The third-order valence-electron chi connectivity index (χ3n) is 4.01. The third kappa shape index (κ3) is 2.55. The van der Waals surface area contributed by atoms with Gasteiger partial charge >= 0.3 is 0 Å². The highest BCUT2D eigenvalue weighted by molar-refractivity contribution is 5.97. The maximum atomic E-state index is 14.6. The molecule has 126 valence electrons. The van der Waals surface area contributed by atoms with Crippen LogP contribution in [-0.4, -0.2) is 25.1 Å². The smallest absolute Gasteiger partial charge is 0.231 e. The number of carbonyl (C=O) groups is 1. The van der Waals surface area contributed by atoms with E-state index in [1.54, 1.807) is 6.20 Å². The van der Waals surface area contributed by atoms with E-state index in [0.717, 1.165) is 27.8 Å². The van der Waals surface area contributed by atoms with Gasteiger partial charge in [0.25, 0.3) is 0 Å². The number of anilines is 1. The molecule has 7 heteroatoms. The van der Waals surface area contributed by atoms with Gasteiger partial charge in [-0.2, -0.15) is 0 Å². The van der Waals surface area contributed by atoms with Crippen LogP contribution in [0.15, 0.2) is 18.3 Å². The molecule has 0 saturated heterocycles. The highest BCUT2D eigenvalue weighted by Crippen LogP contribution is 2.39. The molecule has 0 bridgehead atoms. The van der Waals surface area contributed by atoms with Crippen LogP contribution in [0.25, 0.3) is 0 Å².